The second-order valence-electron chi connectivity index (χ2n) is 6.89. The Bertz CT molecular complexity index is 683. The molecule has 126 valence electrons. The molecule has 0 N–H and O–H groups in total. The standard InChI is InChI=1S/C18H19NO5/c20-18(23-14-7-5-13(6-8-14)19(21)22)24-16-10-4-12-2-1-11-3-9-15(16)17(11)12/h4-8,10-12,15-17H,1-3,9H2/t11-,12-,15-,16-,17+/m1/s1. The maximum atomic E-state index is 12.1. The molecule has 5 atom stereocenters. The van der Waals surface area contributed by atoms with Crippen molar-refractivity contribution in [1.82, 2.24) is 0 Å². The summed E-state index contributed by atoms with van der Waals surface area (Å²) in [6, 6.07) is 5.39. The first-order chi connectivity index (χ1) is 11.6. The van der Waals surface area contributed by atoms with Crippen molar-refractivity contribution in [1.29, 1.82) is 0 Å². The van der Waals surface area contributed by atoms with Gasteiger partial charge in [-0.3, -0.25) is 10.1 Å². The average molecular weight is 329 g/mol. The minimum atomic E-state index is -0.751. The molecule has 6 nitrogen and oxygen atoms in total. The van der Waals surface area contributed by atoms with Crippen LogP contribution in [0.25, 0.3) is 0 Å². The number of carbonyl (C=O) groups excluding carboxylic acids is 1. The Morgan fingerprint density at radius 2 is 1.83 bits per heavy atom. The summed E-state index contributed by atoms with van der Waals surface area (Å²) in [6.45, 7) is 0. The number of non-ortho nitro benzene ring substituents is 1. The van der Waals surface area contributed by atoms with Crippen molar-refractivity contribution in [3.8, 4) is 5.75 Å². The number of hydrogen-bond donors (Lipinski definition) is 0. The number of carbonyl (C=O) groups is 1. The molecule has 4 rings (SSSR count). The molecule has 0 spiro atoms. The van der Waals surface area contributed by atoms with Crippen molar-refractivity contribution in [3.63, 3.8) is 0 Å². The summed E-state index contributed by atoms with van der Waals surface area (Å²) in [7, 11) is 0. The van der Waals surface area contributed by atoms with Crippen LogP contribution in [-0.4, -0.2) is 17.2 Å². The van der Waals surface area contributed by atoms with Gasteiger partial charge in [0.05, 0.1) is 4.92 Å². The lowest BCUT2D eigenvalue weighted by molar-refractivity contribution is -0.384. The Kier molecular flexibility index (Phi) is 3.75. The fourth-order valence-corrected chi connectivity index (χ4v) is 4.74. The molecule has 2 fully saturated rings. The van der Waals surface area contributed by atoms with Crippen molar-refractivity contribution >= 4 is 11.8 Å². The maximum Gasteiger partial charge on any atom is 0.514 e. The Morgan fingerprint density at radius 3 is 2.58 bits per heavy atom. The lowest BCUT2D eigenvalue weighted by Gasteiger charge is -2.32. The van der Waals surface area contributed by atoms with Gasteiger partial charge in [-0.15, -0.1) is 0 Å². The first-order valence-corrected chi connectivity index (χ1v) is 8.43. The van der Waals surface area contributed by atoms with Crippen molar-refractivity contribution < 1.29 is 19.2 Å². The van der Waals surface area contributed by atoms with Gasteiger partial charge in [0.15, 0.2) is 0 Å². The molecule has 0 radical (unpaired) electrons. The van der Waals surface area contributed by atoms with E-state index in [-0.39, 0.29) is 17.5 Å². The van der Waals surface area contributed by atoms with E-state index in [0.29, 0.717) is 17.8 Å². The highest BCUT2D eigenvalue weighted by molar-refractivity contribution is 5.64. The van der Waals surface area contributed by atoms with Gasteiger partial charge in [0, 0.05) is 18.1 Å². The van der Waals surface area contributed by atoms with Crippen LogP contribution in [0.4, 0.5) is 10.5 Å². The molecule has 0 heterocycles. The molecule has 0 aliphatic heterocycles. The van der Waals surface area contributed by atoms with Crippen LogP contribution in [0.1, 0.15) is 25.7 Å². The van der Waals surface area contributed by atoms with E-state index in [1.807, 2.05) is 6.08 Å². The molecule has 3 aliphatic rings. The number of nitro groups is 1. The highest BCUT2D eigenvalue weighted by Gasteiger charge is 2.49. The molecule has 1 aromatic rings. The molecule has 1 aromatic carbocycles. The molecular formula is C18H19NO5. The van der Waals surface area contributed by atoms with Crippen molar-refractivity contribution in [2.45, 2.75) is 31.8 Å². The fraction of sp³-hybridized carbons (Fsp3) is 0.500. The largest absolute Gasteiger partial charge is 0.514 e. The van der Waals surface area contributed by atoms with Gasteiger partial charge in [0.1, 0.15) is 11.9 Å². The summed E-state index contributed by atoms with van der Waals surface area (Å²) in [5.41, 5.74) is -0.0461. The summed E-state index contributed by atoms with van der Waals surface area (Å²) in [5, 5.41) is 10.6. The van der Waals surface area contributed by atoms with E-state index in [1.165, 1.54) is 43.5 Å². The number of ether oxygens (including phenoxy) is 2. The number of allylic oxidation sites excluding steroid dienone is 1. The third-order valence-electron chi connectivity index (χ3n) is 5.73. The average Bonchev–Trinajstić information content (AvgIpc) is 3.16. The van der Waals surface area contributed by atoms with Gasteiger partial charge in [0.25, 0.3) is 5.69 Å². The highest BCUT2D eigenvalue weighted by atomic mass is 16.7. The van der Waals surface area contributed by atoms with E-state index < -0.39 is 11.1 Å². The summed E-state index contributed by atoms with van der Waals surface area (Å²) in [4.78, 5) is 22.2. The molecule has 3 aliphatic carbocycles. The lowest BCUT2D eigenvalue weighted by atomic mass is 9.77. The van der Waals surface area contributed by atoms with Crippen molar-refractivity contribution in [3.05, 3.63) is 46.5 Å². The van der Waals surface area contributed by atoms with Gasteiger partial charge in [-0.05, 0) is 61.6 Å². The zero-order chi connectivity index (χ0) is 16.7. The third kappa shape index (κ3) is 2.66. The number of benzene rings is 1. The SMILES string of the molecule is O=C(Oc1ccc([N+](=O)[O-])cc1)O[C@@H]1C=C[C@H]2CC[C@@H]3CC[C@H]1[C@@H]32. The first-order valence-electron chi connectivity index (χ1n) is 8.43. The molecule has 6 heteroatoms. The van der Waals surface area contributed by atoms with E-state index in [0.717, 1.165) is 12.3 Å². The normalized spacial score (nSPS) is 33.1. The van der Waals surface area contributed by atoms with Crippen LogP contribution in [-0.2, 0) is 4.74 Å². The van der Waals surface area contributed by atoms with Gasteiger partial charge >= 0.3 is 6.16 Å². The molecule has 0 amide bonds. The fourth-order valence-electron chi connectivity index (χ4n) is 4.74. The van der Waals surface area contributed by atoms with Gasteiger partial charge in [0.2, 0.25) is 0 Å². The Morgan fingerprint density at radius 1 is 1.08 bits per heavy atom. The van der Waals surface area contributed by atoms with Crippen molar-refractivity contribution in [2.24, 2.45) is 23.7 Å². The van der Waals surface area contributed by atoms with Gasteiger partial charge < -0.3 is 9.47 Å². The van der Waals surface area contributed by atoms with E-state index in [1.54, 1.807) is 0 Å². The molecule has 0 bridgehead atoms. The van der Waals surface area contributed by atoms with Crippen LogP contribution in [0.15, 0.2) is 36.4 Å². The van der Waals surface area contributed by atoms with Crippen LogP contribution in [0.2, 0.25) is 0 Å². The van der Waals surface area contributed by atoms with Crippen LogP contribution in [0.5, 0.6) is 5.75 Å². The van der Waals surface area contributed by atoms with E-state index in [2.05, 4.69) is 6.08 Å². The van der Waals surface area contributed by atoms with Crippen LogP contribution >= 0.6 is 0 Å². The van der Waals surface area contributed by atoms with Crippen molar-refractivity contribution in [2.75, 3.05) is 0 Å². The lowest BCUT2D eigenvalue weighted by Crippen LogP contribution is -2.34. The monoisotopic (exact) mass is 329 g/mol. The molecule has 2 saturated carbocycles. The van der Waals surface area contributed by atoms with Crippen LogP contribution < -0.4 is 4.74 Å². The maximum absolute atomic E-state index is 12.1. The quantitative estimate of drug-likeness (QED) is 0.274. The minimum Gasteiger partial charge on any atom is -0.426 e. The van der Waals surface area contributed by atoms with Gasteiger partial charge in [-0.25, -0.2) is 4.79 Å². The summed E-state index contributed by atoms with van der Waals surface area (Å²) in [5.74, 6) is 2.72. The second kappa shape index (κ2) is 5.92. The smallest absolute Gasteiger partial charge is 0.426 e. The number of nitro benzene ring substituents is 1. The zero-order valence-corrected chi connectivity index (χ0v) is 13.2. The molecule has 0 aromatic heterocycles. The topological polar surface area (TPSA) is 78.7 Å². The highest BCUT2D eigenvalue weighted by Crippen LogP contribution is 2.54. The Balaban J connectivity index is 1.39. The zero-order valence-electron chi connectivity index (χ0n) is 13.2. The summed E-state index contributed by atoms with van der Waals surface area (Å²) >= 11 is 0. The Labute approximate surface area is 139 Å². The number of rotatable bonds is 3. The van der Waals surface area contributed by atoms with E-state index in [4.69, 9.17) is 9.47 Å². The number of nitrogens with zero attached hydrogens (tertiary/aromatic N) is 1. The van der Waals surface area contributed by atoms with Crippen LogP contribution in [0, 0.1) is 33.8 Å². The first kappa shape index (κ1) is 15.2. The summed E-state index contributed by atoms with van der Waals surface area (Å²) in [6.07, 6.45) is 8.11. The van der Waals surface area contributed by atoms with Gasteiger partial charge in [-0.2, -0.15) is 0 Å². The van der Waals surface area contributed by atoms with Crippen LogP contribution in [0.3, 0.4) is 0 Å². The number of hydrogen-bond acceptors (Lipinski definition) is 5. The molecule has 0 saturated heterocycles. The van der Waals surface area contributed by atoms with E-state index >= 15 is 0 Å². The minimum absolute atomic E-state index is 0.0461. The second-order valence-corrected chi connectivity index (χ2v) is 6.89. The molecule has 24 heavy (non-hydrogen) atoms. The molecular weight excluding hydrogens is 310 g/mol. The van der Waals surface area contributed by atoms with E-state index in [9.17, 15) is 14.9 Å². The third-order valence-corrected chi connectivity index (χ3v) is 5.73. The predicted molar refractivity (Wildman–Crippen MR) is 85.6 cm³/mol. The summed E-state index contributed by atoms with van der Waals surface area (Å²) < 4.78 is 10.7. The molecule has 0 unspecified atom stereocenters. The Hall–Kier alpha value is -2.37. The van der Waals surface area contributed by atoms with Gasteiger partial charge in [-0.1, -0.05) is 6.08 Å². The predicted octanol–water partition coefficient (Wildman–Crippen LogP) is 4.10.